The van der Waals surface area contributed by atoms with Crippen LogP contribution < -0.4 is 0 Å². The topological polar surface area (TPSA) is 17.8 Å². The summed E-state index contributed by atoms with van der Waals surface area (Å²) in [5.41, 5.74) is 3.63. The fraction of sp³-hybridized carbons (Fsp3) is 0.500. The van der Waals surface area contributed by atoms with E-state index in [1.165, 1.54) is 11.1 Å². The van der Waals surface area contributed by atoms with Crippen molar-refractivity contribution >= 4 is 23.7 Å². The highest BCUT2D eigenvalue weighted by atomic mass is 32.1. The smallest absolute Gasteiger partial charge is 0.110 e. The number of nitrogens with zero attached hydrogens (tertiary/aromatic N) is 2. The molecule has 92 valence electrons. The van der Waals surface area contributed by atoms with Crippen LogP contribution >= 0.6 is 12.6 Å². The van der Waals surface area contributed by atoms with Crippen LogP contribution in [0.2, 0.25) is 0 Å². The first-order valence-electron chi connectivity index (χ1n) is 6.18. The summed E-state index contributed by atoms with van der Waals surface area (Å²) in [7, 11) is 0. The first-order valence-corrected chi connectivity index (χ1v) is 6.81. The number of thiol groups is 1. The average Bonchev–Trinajstić information content (AvgIpc) is 2.56. The molecule has 0 atom stereocenters. The Morgan fingerprint density at radius 1 is 1.35 bits per heavy atom. The number of fused-ring (bicyclic) bond motifs is 1. The van der Waals surface area contributed by atoms with Crippen LogP contribution in [0.5, 0.6) is 0 Å². The molecule has 0 bridgehead atoms. The molecule has 0 aliphatic carbocycles. The minimum absolute atomic E-state index is 0.632. The SMILES string of the molecule is Cc1ccc2c(c1)nc(CCS)n2CC(C)C. The van der Waals surface area contributed by atoms with Gasteiger partial charge in [0.1, 0.15) is 5.82 Å². The Kier molecular flexibility index (Phi) is 3.77. The van der Waals surface area contributed by atoms with Gasteiger partial charge >= 0.3 is 0 Å². The summed E-state index contributed by atoms with van der Waals surface area (Å²) in [4.78, 5) is 4.73. The highest BCUT2D eigenvalue weighted by Crippen LogP contribution is 2.20. The summed E-state index contributed by atoms with van der Waals surface area (Å²) in [6, 6.07) is 6.50. The Morgan fingerprint density at radius 3 is 2.76 bits per heavy atom. The summed E-state index contributed by atoms with van der Waals surface area (Å²) < 4.78 is 2.34. The molecule has 1 heterocycles. The van der Waals surface area contributed by atoms with E-state index < -0.39 is 0 Å². The predicted octanol–water partition coefficient (Wildman–Crippen LogP) is 3.47. The molecule has 2 nitrogen and oxygen atoms in total. The van der Waals surface area contributed by atoms with Crippen LogP contribution in [0.3, 0.4) is 0 Å². The molecule has 0 saturated carbocycles. The van der Waals surface area contributed by atoms with Gasteiger partial charge in [-0.2, -0.15) is 12.6 Å². The van der Waals surface area contributed by atoms with Crippen molar-refractivity contribution in [3.63, 3.8) is 0 Å². The lowest BCUT2D eigenvalue weighted by molar-refractivity contribution is 0.519. The van der Waals surface area contributed by atoms with Gasteiger partial charge in [-0.15, -0.1) is 0 Å². The molecular weight excluding hydrogens is 228 g/mol. The maximum atomic E-state index is 4.73. The molecule has 0 radical (unpaired) electrons. The third-order valence-corrected chi connectivity index (χ3v) is 3.09. The van der Waals surface area contributed by atoms with Crippen molar-refractivity contribution in [1.29, 1.82) is 0 Å². The molecular formula is C14H20N2S. The first kappa shape index (κ1) is 12.5. The Balaban J connectivity index is 2.54. The number of hydrogen-bond donors (Lipinski definition) is 1. The maximum Gasteiger partial charge on any atom is 0.110 e. The van der Waals surface area contributed by atoms with E-state index in [1.54, 1.807) is 0 Å². The van der Waals surface area contributed by atoms with Crippen LogP contribution in [-0.4, -0.2) is 15.3 Å². The summed E-state index contributed by atoms with van der Waals surface area (Å²) in [6.45, 7) is 7.62. The largest absolute Gasteiger partial charge is 0.328 e. The number of hydrogen-bond acceptors (Lipinski definition) is 2. The zero-order valence-electron chi connectivity index (χ0n) is 10.8. The quantitative estimate of drug-likeness (QED) is 0.820. The van der Waals surface area contributed by atoms with Crippen molar-refractivity contribution in [2.75, 3.05) is 5.75 Å². The molecule has 1 aromatic heterocycles. The van der Waals surface area contributed by atoms with Crippen molar-refractivity contribution in [3.8, 4) is 0 Å². The highest BCUT2D eigenvalue weighted by molar-refractivity contribution is 7.80. The van der Waals surface area contributed by atoms with Gasteiger partial charge in [-0.1, -0.05) is 19.9 Å². The van der Waals surface area contributed by atoms with E-state index >= 15 is 0 Å². The average molecular weight is 248 g/mol. The van der Waals surface area contributed by atoms with Crippen LogP contribution in [0.15, 0.2) is 18.2 Å². The molecule has 1 aromatic carbocycles. The predicted molar refractivity (Wildman–Crippen MR) is 76.9 cm³/mol. The Bertz CT molecular complexity index is 514. The van der Waals surface area contributed by atoms with E-state index in [2.05, 4.69) is 56.2 Å². The second-order valence-electron chi connectivity index (χ2n) is 5.00. The van der Waals surface area contributed by atoms with Crippen LogP contribution in [0, 0.1) is 12.8 Å². The van der Waals surface area contributed by atoms with Gasteiger partial charge in [-0.05, 0) is 36.3 Å². The number of aryl methyl sites for hydroxylation is 2. The normalized spacial score (nSPS) is 11.6. The molecule has 2 rings (SSSR count). The van der Waals surface area contributed by atoms with Crippen molar-refractivity contribution in [1.82, 2.24) is 9.55 Å². The zero-order chi connectivity index (χ0) is 12.4. The van der Waals surface area contributed by atoms with Gasteiger partial charge in [0.05, 0.1) is 11.0 Å². The van der Waals surface area contributed by atoms with Gasteiger partial charge in [-0.25, -0.2) is 4.98 Å². The molecule has 0 aliphatic heterocycles. The van der Waals surface area contributed by atoms with Crippen molar-refractivity contribution in [2.24, 2.45) is 5.92 Å². The molecule has 0 aliphatic rings. The first-order chi connectivity index (χ1) is 8.11. The van der Waals surface area contributed by atoms with Crippen LogP contribution in [0.25, 0.3) is 11.0 Å². The number of imidazole rings is 1. The van der Waals surface area contributed by atoms with Gasteiger partial charge in [-0.3, -0.25) is 0 Å². The molecule has 0 N–H and O–H groups in total. The van der Waals surface area contributed by atoms with E-state index in [-0.39, 0.29) is 0 Å². The van der Waals surface area contributed by atoms with E-state index in [1.807, 2.05) is 0 Å². The van der Waals surface area contributed by atoms with Crippen molar-refractivity contribution < 1.29 is 0 Å². The minimum Gasteiger partial charge on any atom is -0.328 e. The minimum atomic E-state index is 0.632. The van der Waals surface area contributed by atoms with Gasteiger partial charge in [0.15, 0.2) is 0 Å². The lowest BCUT2D eigenvalue weighted by atomic mass is 10.2. The molecule has 3 heteroatoms. The molecule has 0 unspecified atom stereocenters. The fourth-order valence-electron chi connectivity index (χ4n) is 2.15. The lowest BCUT2D eigenvalue weighted by Gasteiger charge is -2.11. The van der Waals surface area contributed by atoms with E-state index in [9.17, 15) is 0 Å². The fourth-order valence-corrected chi connectivity index (χ4v) is 2.35. The van der Waals surface area contributed by atoms with Gasteiger partial charge in [0.2, 0.25) is 0 Å². The maximum absolute atomic E-state index is 4.73. The van der Waals surface area contributed by atoms with E-state index in [4.69, 9.17) is 4.98 Å². The van der Waals surface area contributed by atoms with Gasteiger partial charge in [0, 0.05) is 13.0 Å². The van der Waals surface area contributed by atoms with E-state index in [0.29, 0.717) is 5.92 Å². The van der Waals surface area contributed by atoms with E-state index in [0.717, 1.165) is 30.1 Å². The summed E-state index contributed by atoms with van der Waals surface area (Å²) in [5.74, 6) is 2.64. The second-order valence-corrected chi connectivity index (χ2v) is 5.45. The Labute approximate surface area is 108 Å². The third kappa shape index (κ3) is 2.65. The Hall–Kier alpha value is -0.960. The molecule has 0 fully saturated rings. The van der Waals surface area contributed by atoms with Crippen LogP contribution in [0.4, 0.5) is 0 Å². The molecule has 0 spiro atoms. The second kappa shape index (κ2) is 5.13. The number of aromatic nitrogens is 2. The van der Waals surface area contributed by atoms with Crippen molar-refractivity contribution in [3.05, 3.63) is 29.6 Å². The molecule has 17 heavy (non-hydrogen) atoms. The molecule has 2 aromatic rings. The highest BCUT2D eigenvalue weighted by Gasteiger charge is 2.11. The third-order valence-electron chi connectivity index (χ3n) is 2.87. The Morgan fingerprint density at radius 2 is 2.12 bits per heavy atom. The summed E-state index contributed by atoms with van der Waals surface area (Å²) in [6.07, 6.45) is 0.934. The number of rotatable bonds is 4. The molecule has 0 amide bonds. The van der Waals surface area contributed by atoms with Crippen LogP contribution in [0.1, 0.15) is 25.2 Å². The van der Waals surface area contributed by atoms with Crippen molar-refractivity contribution in [2.45, 2.75) is 33.7 Å². The van der Waals surface area contributed by atoms with Gasteiger partial charge in [0.25, 0.3) is 0 Å². The standard InChI is InChI=1S/C14H20N2S/c1-10(2)9-16-13-5-4-11(3)8-12(13)15-14(16)6-7-17/h4-5,8,10,17H,6-7,9H2,1-3H3. The summed E-state index contributed by atoms with van der Waals surface area (Å²) >= 11 is 4.32. The zero-order valence-corrected chi connectivity index (χ0v) is 11.7. The van der Waals surface area contributed by atoms with Gasteiger partial charge < -0.3 is 4.57 Å². The monoisotopic (exact) mass is 248 g/mol. The summed E-state index contributed by atoms with van der Waals surface area (Å²) in [5, 5.41) is 0. The number of benzene rings is 1. The lowest BCUT2D eigenvalue weighted by Crippen LogP contribution is -2.09. The molecule has 0 saturated heterocycles. The van der Waals surface area contributed by atoms with Crippen LogP contribution in [-0.2, 0) is 13.0 Å².